The van der Waals surface area contributed by atoms with Crippen LogP contribution in [0.25, 0.3) is 11.3 Å². The van der Waals surface area contributed by atoms with E-state index in [0.717, 1.165) is 36.0 Å². The van der Waals surface area contributed by atoms with Crippen LogP contribution in [0.3, 0.4) is 0 Å². The molecule has 3 heterocycles. The van der Waals surface area contributed by atoms with E-state index < -0.39 is 24.2 Å². The van der Waals surface area contributed by atoms with Crippen LogP contribution in [0.2, 0.25) is 0 Å². The Labute approximate surface area is 285 Å². The van der Waals surface area contributed by atoms with Gasteiger partial charge in [-0.1, -0.05) is 30.3 Å². The van der Waals surface area contributed by atoms with Gasteiger partial charge in [-0.3, -0.25) is 14.4 Å². The molecule has 0 atom stereocenters. The van der Waals surface area contributed by atoms with Gasteiger partial charge in [0.1, 0.15) is 0 Å². The van der Waals surface area contributed by atoms with Crippen molar-refractivity contribution in [1.82, 2.24) is 14.4 Å². The maximum absolute atomic E-state index is 15.8. The van der Waals surface area contributed by atoms with Crippen molar-refractivity contribution in [2.45, 2.75) is 45.1 Å². The number of likely N-dealkylation sites (tertiary alicyclic amines) is 1. The van der Waals surface area contributed by atoms with Crippen molar-refractivity contribution in [2.24, 2.45) is 0 Å². The van der Waals surface area contributed by atoms with Gasteiger partial charge in [0, 0.05) is 71.9 Å². The first-order chi connectivity index (χ1) is 23.4. The number of rotatable bonds is 6. The van der Waals surface area contributed by atoms with E-state index in [1.165, 1.54) is 4.90 Å². The third kappa shape index (κ3) is 6.91. The fourth-order valence-electron chi connectivity index (χ4n) is 6.81. The SMILES string of the molecule is Cc1ccc(C)n1-c1ccccc1C(=O)Nc1ccc(C(=O)N2CCC(F)(F)C(=CC(=O)N3CCC(N(C)C)CC3)c3ccccc32)cc1. The summed E-state index contributed by atoms with van der Waals surface area (Å²) in [6.07, 6.45) is 1.99. The second kappa shape index (κ2) is 13.8. The first-order valence-electron chi connectivity index (χ1n) is 16.6. The molecule has 0 saturated carbocycles. The standard InChI is InChI=1S/C39H41F2N5O3/c1-26-13-14-27(2)46(26)35-12-8-6-10-32(35)37(48)42-29-17-15-28(16-18-29)38(49)45-24-21-39(40,41)33(31-9-5-7-11-34(31)45)25-36(47)44-22-19-30(20-23-44)43(3)4/h5-18,25,30H,19-24H2,1-4H3,(H,42,48). The molecule has 4 aromatic rings. The zero-order valence-electron chi connectivity index (χ0n) is 28.2. The van der Waals surface area contributed by atoms with E-state index in [4.69, 9.17) is 0 Å². The molecule has 254 valence electrons. The lowest BCUT2D eigenvalue weighted by Crippen LogP contribution is -2.44. The number of allylic oxidation sites excluding steroid dienone is 1. The zero-order chi connectivity index (χ0) is 34.9. The Morgan fingerprint density at radius 1 is 0.816 bits per heavy atom. The molecule has 1 N–H and O–H groups in total. The number of piperidine rings is 1. The maximum atomic E-state index is 15.8. The number of nitrogens with zero attached hydrogens (tertiary/aromatic N) is 4. The fourth-order valence-corrected chi connectivity index (χ4v) is 6.81. The number of hydrogen-bond donors (Lipinski definition) is 1. The third-order valence-electron chi connectivity index (χ3n) is 9.60. The molecule has 0 radical (unpaired) electrons. The highest BCUT2D eigenvalue weighted by Crippen LogP contribution is 2.43. The highest BCUT2D eigenvalue weighted by molar-refractivity contribution is 6.10. The minimum absolute atomic E-state index is 0.158. The molecule has 1 saturated heterocycles. The molecule has 3 amide bonds. The minimum Gasteiger partial charge on any atom is -0.339 e. The number of amides is 3. The van der Waals surface area contributed by atoms with E-state index in [0.29, 0.717) is 36.1 Å². The van der Waals surface area contributed by atoms with Gasteiger partial charge in [-0.15, -0.1) is 0 Å². The smallest absolute Gasteiger partial charge is 0.275 e. The van der Waals surface area contributed by atoms with Crippen LogP contribution in [0, 0.1) is 13.8 Å². The second-order valence-corrected chi connectivity index (χ2v) is 13.0. The van der Waals surface area contributed by atoms with E-state index >= 15 is 8.78 Å². The van der Waals surface area contributed by atoms with E-state index in [1.807, 2.05) is 62.8 Å². The molecule has 0 aliphatic carbocycles. The molecule has 0 bridgehead atoms. The van der Waals surface area contributed by atoms with Gasteiger partial charge in [-0.2, -0.15) is 0 Å². The second-order valence-electron chi connectivity index (χ2n) is 13.0. The number of carbonyl (C=O) groups is 3. The first-order valence-corrected chi connectivity index (χ1v) is 16.6. The quantitative estimate of drug-likeness (QED) is 0.226. The van der Waals surface area contributed by atoms with Crippen molar-refractivity contribution >= 4 is 34.7 Å². The van der Waals surface area contributed by atoms with Crippen LogP contribution in [0.4, 0.5) is 20.2 Å². The van der Waals surface area contributed by atoms with Crippen molar-refractivity contribution in [2.75, 3.05) is 43.9 Å². The summed E-state index contributed by atoms with van der Waals surface area (Å²) in [7, 11) is 4.00. The molecule has 2 aliphatic heterocycles. The molecule has 0 spiro atoms. The Bertz CT molecular complexity index is 1890. The average Bonchev–Trinajstić information content (AvgIpc) is 3.38. The highest BCUT2D eigenvalue weighted by atomic mass is 19.3. The lowest BCUT2D eigenvalue weighted by Gasteiger charge is -2.35. The molecular formula is C39H41F2N5O3. The number of nitrogens with one attached hydrogen (secondary N) is 1. The van der Waals surface area contributed by atoms with Crippen molar-refractivity contribution in [1.29, 1.82) is 0 Å². The summed E-state index contributed by atoms with van der Waals surface area (Å²) >= 11 is 0. The Morgan fingerprint density at radius 3 is 2.08 bits per heavy atom. The highest BCUT2D eigenvalue weighted by Gasteiger charge is 2.42. The number of aromatic nitrogens is 1. The van der Waals surface area contributed by atoms with Crippen LogP contribution in [0.15, 0.2) is 91.0 Å². The normalized spacial score (nSPS) is 17.2. The summed E-state index contributed by atoms with van der Waals surface area (Å²) in [5.74, 6) is -4.53. The Hall–Kier alpha value is -5.09. The van der Waals surface area contributed by atoms with Crippen molar-refractivity contribution < 1.29 is 23.2 Å². The number of halogens is 2. The molecule has 49 heavy (non-hydrogen) atoms. The minimum atomic E-state index is -3.33. The lowest BCUT2D eigenvalue weighted by atomic mass is 9.96. The Balaban J connectivity index is 1.22. The summed E-state index contributed by atoms with van der Waals surface area (Å²) in [4.78, 5) is 45.7. The van der Waals surface area contributed by atoms with Crippen LogP contribution < -0.4 is 10.2 Å². The summed E-state index contributed by atoms with van der Waals surface area (Å²) in [5.41, 5.74) is 4.12. The lowest BCUT2D eigenvalue weighted by molar-refractivity contribution is -0.127. The van der Waals surface area contributed by atoms with Crippen LogP contribution in [-0.4, -0.2) is 77.8 Å². The number of para-hydroxylation sites is 2. The Kier molecular flexibility index (Phi) is 9.52. The molecule has 1 aromatic heterocycles. The largest absolute Gasteiger partial charge is 0.339 e. The number of hydrogen-bond acceptors (Lipinski definition) is 4. The fraction of sp³-hybridized carbons (Fsp3) is 0.308. The van der Waals surface area contributed by atoms with E-state index in [1.54, 1.807) is 59.5 Å². The molecule has 10 heteroatoms. The topological polar surface area (TPSA) is 77.9 Å². The number of fused-ring (bicyclic) bond motifs is 1. The van der Waals surface area contributed by atoms with Gasteiger partial charge >= 0.3 is 0 Å². The van der Waals surface area contributed by atoms with E-state index in [9.17, 15) is 14.4 Å². The van der Waals surface area contributed by atoms with Gasteiger partial charge in [0.25, 0.3) is 17.7 Å². The summed E-state index contributed by atoms with van der Waals surface area (Å²) < 4.78 is 33.6. The van der Waals surface area contributed by atoms with Gasteiger partial charge in [0.05, 0.1) is 16.9 Å². The van der Waals surface area contributed by atoms with Crippen molar-refractivity contribution in [3.8, 4) is 5.69 Å². The predicted molar refractivity (Wildman–Crippen MR) is 189 cm³/mol. The number of carbonyl (C=O) groups excluding carboxylic acids is 3. The van der Waals surface area contributed by atoms with Crippen LogP contribution in [0.1, 0.15) is 56.9 Å². The number of aryl methyl sites for hydroxylation is 2. The molecular weight excluding hydrogens is 624 g/mol. The monoisotopic (exact) mass is 665 g/mol. The van der Waals surface area contributed by atoms with Crippen molar-refractivity contribution in [3.05, 3.63) is 119 Å². The molecule has 2 aliphatic rings. The maximum Gasteiger partial charge on any atom is 0.275 e. The van der Waals surface area contributed by atoms with Gasteiger partial charge in [0.15, 0.2) is 0 Å². The Morgan fingerprint density at radius 2 is 1.43 bits per heavy atom. The zero-order valence-corrected chi connectivity index (χ0v) is 28.2. The molecule has 3 aromatic carbocycles. The molecule has 0 unspecified atom stereocenters. The number of alkyl halides is 2. The first kappa shape index (κ1) is 33.8. The molecule has 8 nitrogen and oxygen atoms in total. The number of benzene rings is 3. The van der Waals surface area contributed by atoms with E-state index in [-0.39, 0.29) is 29.2 Å². The van der Waals surface area contributed by atoms with Crippen LogP contribution >= 0.6 is 0 Å². The number of anilines is 2. The van der Waals surface area contributed by atoms with E-state index in [2.05, 4.69) is 10.2 Å². The molecule has 1 fully saturated rings. The average molecular weight is 666 g/mol. The third-order valence-corrected chi connectivity index (χ3v) is 9.60. The van der Waals surface area contributed by atoms with Crippen LogP contribution in [0.5, 0.6) is 0 Å². The predicted octanol–water partition coefficient (Wildman–Crippen LogP) is 6.97. The van der Waals surface area contributed by atoms with Gasteiger partial charge < -0.3 is 24.6 Å². The van der Waals surface area contributed by atoms with Gasteiger partial charge in [0.2, 0.25) is 5.91 Å². The molecule has 6 rings (SSSR count). The summed E-state index contributed by atoms with van der Waals surface area (Å²) in [5, 5.41) is 2.92. The van der Waals surface area contributed by atoms with Gasteiger partial charge in [-0.25, -0.2) is 8.78 Å². The van der Waals surface area contributed by atoms with Crippen LogP contribution in [-0.2, 0) is 4.79 Å². The summed E-state index contributed by atoms with van der Waals surface area (Å²) in [6.45, 7) is 4.72. The van der Waals surface area contributed by atoms with Crippen molar-refractivity contribution in [3.63, 3.8) is 0 Å². The van der Waals surface area contributed by atoms with Gasteiger partial charge in [-0.05, 0) is 95.4 Å². The summed E-state index contributed by atoms with van der Waals surface area (Å²) in [6, 6.07) is 24.6.